The molecule has 1 N–H and O–H groups in total. The Morgan fingerprint density at radius 1 is 1.60 bits per heavy atom. The Labute approximate surface area is 102 Å². The minimum atomic E-state index is 0.115. The molecule has 0 saturated carbocycles. The number of hydrogen-bond donors (Lipinski definition) is 1. The van der Waals surface area contributed by atoms with E-state index < -0.39 is 0 Å². The first-order valence-corrected chi connectivity index (χ1v) is 6.90. The molecule has 0 aliphatic heterocycles. The average molecular weight is 291 g/mol. The third-order valence-electron chi connectivity index (χ3n) is 1.89. The minimum absolute atomic E-state index is 0.115. The number of halogens is 1. The monoisotopic (exact) mass is 290 g/mol. The van der Waals surface area contributed by atoms with Crippen molar-refractivity contribution < 1.29 is 4.79 Å². The molecule has 15 heavy (non-hydrogen) atoms. The van der Waals surface area contributed by atoms with Crippen molar-refractivity contribution in [3.8, 4) is 0 Å². The van der Waals surface area contributed by atoms with Gasteiger partial charge in [-0.15, -0.1) is 11.3 Å². The molecule has 0 aliphatic carbocycles. The molecule has 84 valence electrons. The van der Waals surface area contributed by atoms with E-state index in [2.05, 4.69) is 26.2 Å². The van der Waals surface area contributed by atoms with Crippen LogP contribution in [0.3, 0.4) is 0 Å². The zero-order valence-corrected chi connectivity index (χ0v) is 11.2. The van der Waals surface area contributed by atoms with Crippen LogP contribution in [0.4, 0.5) is 0 Å². The van der Waals surface area contributed by atoms with Gasteiger partial charge in [-0.3, -0.25) is 4.79 Å². The standard InChI is InChI=1S/C10H15BrN2OS/c1-8-6-13-10(15-8)7-12-9(14)4-2-3-5-11/h6H,2-5,7H2,1H3,(H,12,14). The van der Waals surface area contributed by atoms with E-state index in [9.17, 15) is 4.79 Å². The van der Waals surface area contributed by atoms with Gasteiger partial charge in [0.15, 0.2) is 0 Å². The number of alkyl halides is 1. The van der Waals surface area contributed by atoms with Gasteiger partial charge in [-0.1, -0.05) is 15.9 Å². The molecule has 1 rings (SSSR count). The Bertz CT molecular complexity index is 314. The molecule has 1 aromatic rings. The van der Waals surface area contributed by atoms with Crippen LogP contribution in [0.15, 0.2) is 6.20 Å². The molecule has 1 amide bonds. The summed E-state index contributed by atoms with van der Waals surface area (Å²) in [4.78, 5) is 16.7. The van der Waals surface area contributed by atoms with E-state index in [1.54, 1.807) is 11.3 Å². The van der Waals surface area contributed by atoms with Crippen molar-refractivity contribution >= 4 is 33.2 Å². The lowest BCUT2D eigenvalue weighted by Gasteiger charge is -2.01. The molecule has 5 heteroatoms. The van der Waals surface area contributed by atoms with Gasteiger partial charge in [-0.2, -0.15) is 0 Å². The van der Waals surface area contributed by atoms with Crippen LogP contribution in [-0.4, -0.2) is 16.2 Å². The molecule has 0 saturated heterocycles. The van der Waals surface area contributed by atoms with Crippen LogP contribution < -0.4 is 5.32 Å². The summed E-state index contributed by atoms with van der Waals surface area (Å²) in [7, 11) is 0. The van der Waals surface area contributed by atoms with Gasteiger partial charge in [-0.25, -0.2) is 4.98 Å². The zero-order chi connectivity index (χ0) is 11.1. The predicted octanol–water partition coefficient (Wildman–Crippen LogP) is 2.63. The van der Waals surface area contributed by atoms with Crippen LogP contribution in [0, 0.1) is 6.92 Å². The van der Waals surface area contributed by atoms with Gasteiger partial charge in [0.1, 0.15) is 5.01 Å². The van der Waals surface area contributed by atoms with Crippen LogP contribution in [0.1, 0.15) is 29.1 Å². The zero-order valence-electron chi connectivity index (χ0n) is 8.75. The van der Waals surface area contributed by atoms with E-state index in [1.807, 2.05) is 13.1 Å². The Hall–Kier alpha value is -0.420. The number of carbonyl (C=O) groups excluding carboxylic acids is 1. The van der Waals surface area contributed by atoms with Crippen molar-refractivity contribution in [1.29, 1.82) is 0 Å². The number of carbonyl (C=O) groups is 1. The lowest BCUT2D eigenvalue weighted by Crippen LogP contribution is -2.22. The summed E-state index contributed by atoms with van der Waals surface area (Å²) in [5, 5.41) is 4.80. The van der Waals surface area contributed by atoms with Gasteiger partial charge >= 0.3 is 0 Å². The van der Waals surface area contributed by atoms with Gasteiger partial charge in [0.2, 0.25) is 5.91 Å². The van der Waals surface area contributed by atoms with E-state index in [0.29, 0.717) is 13.0 Å². The molecular formula is C10H15BrN2OS. The van der Waals surface area contributed by atoms with Gasteiger partial charge in [0.05, 0.1) is 6.54 Å². The van der Waals surface area contributed by atoms with E-state index >= 15 is 0 Å². The molecule has 1 heterocycles. The van der Waals surface area contributed by atoms with Gasteiger partial charge < -0.3 is 5.32 Å². The van der Waals surface area contributed by atoms with Gasteiger partial charge in [0.25, 0.3) is 0 Å². The molecule has 0 radical (unpaired) electrons. The molecule has 0 fully saturated rings. The topological polar surface area (TPSA) is 42.0 Å². The van der Waals surface area contributed by atoms with Gasteiger partial charge in [0, 0.05) is 22.8 Å². The van der Waals surface area contributed by atoms with Gasteiger partial charge in [-0.05, 0) is 19.8 Å². The first-order chi connectivity index (χ1) is 7.22. The normalized spacial score (nSPS) is 10.3. The van der Waals surface area contributed by atoms with E-state index in [1.165, 1.54) is 4.88 Å². The molecule has 0 atom stereocenters. The quantitative estimate of drug-likeness (QED) is 0.646. The first kappa shape index (κ1) is 12.6. The van der Waals surface area contributed by atoms with E-state index in [4.69, 9.17) is 0 Å². The van der Waals surface area contributed by atoms with Crippen LogP contribution in [0.25, 0.3) is 0 Å². The van der Waals surface area contributed by atoms with Crippen molar-refractivity contribution in [2.45, 2.75) is 32.7 Å². The highest BCUT2D eigenvalue weighted by atomic mass is 79.9. The number of rotatable bonds is 6. The molecule has 0 spiro atoms. The lowest BCUT2D eigenvalue weighted by atomic mass is 10.2. The second kappa shape index (κ2) is 6.95. The van der Waals surface area contributed by atoms with Crippen molar-refractivity contribution in [2.75, 3.05) is 5.33 Å². The summed E-state index contributed by atoms with van der Waals surface area (Å²) in [6.45, 7) is 2.57. The maximum atomic E-state index is 11.3. The third kappa shape index (κ3) is 5.28. The molecule has 0 aromatic carbocycles. The highest BCUT2D eigenvalue weighted by Gasteiger charge is 2.02. The van der Waals surface area contributed by atoms with Crippen molar-refractivity contribution in [3.63, 3.8) is 0 Å². The highest BCUT2D eigenvalue weighted by Crippen LogP contribution is 2.10. The summed E-state index contributed by atoms with van der Waals surface area (Å²) in [5.74, 6) is 0.115. The number of unbranched alkanes of at least 4 members (excludes halogenated alkanes) is 1. The number of aryl methyl sites for hydroxylation is 1. The van der Waals surface area contributed by atoms with Crippen molar-refractivity contribution in [2.24, 2.45) is 0 Å². The summed E-state index contributed by atoms with van der Waals surface area (Å²) >= 11 is 4.96. The number of amides is 1. The summed E-state index contributed by atoms with van der Waals surface area (Å²) in [6, 6.07) is 0. The second-order valence-electron chi connectivity index (χ2n) is 3.29. The number of hydrogen-bond acceptors (Lipinski definition) is 3. The fraction of sp³-hybridized carbons (Fsp3) is 0.600. The summed E-state index contributed by atoms with van der Waals surface area (Å²) < 4.78 is 0. The maximum absolute atomic E-state index is 11.3. The number of nitrogens with zero attached hydrogens (tertiary/aromatic N) is 1. The summed E-state index contributed by atoms with van der Waals surface area (Å²) in [6.07, 6.45) is 4.42. The predicted molar refractivity (Wildman–Crippen MR) is 66.3 cm³/mol. The highest BCUT2D eigenvalue weighted by molar-refractivity contribution is 9.09. The SMILES string of the molecule is Cc1cnc(CNC(=O)CCCCBr)s1. The number of nitrogens with one attached hydrogen (secondary N) is 1. The number of thiazole rings is 1. The Morgan fingerprint density at radius 3 is 3.00 bits per heavy atom. The lowest BCUT2D eigenvalue weighted by molar-refractivity contribution is -0.121. The fourth-order valence-corrected chi connectivity index (χ4v) is 2.25. The Kier molecular flexibility index (Phi) is 5.86. The Morgan fingerprint density at radius 2 is 2.40 bits per heavy atom. The molecule has 0 bridgehead atoms. The largest absolute Gasteiger partial charge is 0.350 e. The Balaban J connectivity index is 2.16. The molecule has 0 aliphatic rings. The molecule has 0 unspecified atom stereocenters. The maximum Gasteiger partial charge on any atom is 0.220 e. The van der Waals surface area contributed by atoms with Crippen LogP contribution in [0.5, 0.6) is 0 Å². The molecule has 1 aromatic heterocycles. The van der Waals surface area contributed by atoms with E-state index in [0.717, 1.165) is 23.2 Å². The molecular weight excluding hydrogens is 276 g/mol. The smallest absolute Gasteiger partial charge is 0.220 e. The van der Waals surface area contributed by atoms with Crippen LogP contribution >= 0.6 is 27.3 Å². The van der Waals surface area contributed by atoms with E-state index in [-0.39, 0.29) is 5.91 Å². The van der Waals surface area contributed by atoms with Crippen molar-refractivity contribution in [1.82, 2.24) is 10.3 Å². The fourth-order valence-electron chi connectivity index (χ4n) is 1.13. The van der Waals surface area contributed by atoms with Crippen molar-refractivity contribution in [3.05, 3.63) is 16.1 Å². The first-order valence-electron chi connectivity index (χ1n) is 4.96. The minimum Gasteiger partial charge on any atom is -0.350 e. The second-order valence-corrected chi connectivity index (χ2v) is 5.40. The number of aromatic nitrogens is 1. The third-order valence-corrected chi connectivity index (χ3v) is 3.37. The average Bonchev–Trinajstić information content (AvgIpc) is 2.62. The molecule has 3 nitrogen and oxygen atoms in total. The summed E-state index contributed by atoms with van der Waals surface area (Å²) in [5.41, 5.74) is 0. The van der Waals surface area contributed by atoms with Crippen LogP contribution in [-0.2, 0) is 11.3 Å². The van der Waals surface area contributed by atoms with Crippen LogP contribution in [0.2, 0.25) is 0 Å².